The lowest BCUT2D eigenvalue weighted by atomic mass is 9.96. The Bertz CT molecular complexity index is 799. The molecule has 5 nitrogen and oxygen atoms in total. The van der Waals surface area contributed by atoms with Crippen molar-refractivity contribution in [3.05, 3.63) is 60.2 Å². The third kappa shape index (κ3) is 5.03. The standard InChI is InChI=1S/C20H20F2N2O3/c21-20(22)27-17-10-4-6-14(12-17)19(26)24-11-5-7-15(13-24)18(25)23-16-8-2-1-3-9-16/h1-4,6,8-10,12,15,20H,5,7,11,13H2,(H,23,25). The molecule has 0 aliphatic carbocycles. The summed E-state index contributed by atoms with van der Waals surface area (Å²) in [5.41, 5.74) is 0.972. The predicted molar refractivity (Wildman–Crippen MR) is 96.8 cm³/mol. The minimum atomic E-state index is -2.95. The van der Waals surface area contributed by atoms with E-state index >= 15 is 0 Å². The Morgan fingerprint density at radius 2 is 1.89 bits per heavy atom. The van der Waals surface area contributed by atoms with Gasteiger partial charge in [-0.15, -0.1) is 0 Å². The van der Waals surface area contributed by atoms with Crippen molar-refractivity contribution >= 4 is 17.5 Å². The van der Waals surface area contributed by atoms with Gasteiger partial charge in [0.2, 0.25) is 5.91 Å². The van der Waals surface area contributed by atoms with Crippen LogP contribution in [-0.2, 0) is 4.79 Å². The number of hydrogen-bond acceptors (Lipinski definition) is 3. The van der Waals surface area contributed by atoms with Crippen LogP contribution in [0.4, 0.5) is 14.5 Å². The maximum Gasteiger partial charge on any atom is 0.387 e. The summed E-state index contributed by atoms with van der Waals surface area (Å²) in [5, 5.41) is 2.86. The van der Waals surface area contributed by atoms with Crippen LogP contribution < -0.4 is 10.1 Å². The van der Waals surface area contributed by atoms with Crippen molar-refractivity contribution in [2.75, 3.05) is 18.4 Å². The molecular weight excluding hydrogens is 354 g/mol. The van der Waals surface area contributed by atoms with Crippen LogP contribution in [0.15, 0.2) is 54.6 Å². The summed E-state index contributed by atoms with van der Waals surface area (Å²) in [4.78, 5) is 26.8. The molecule has 1 atom stereocenters. The van der Waals surface area contributed by atoms with Crippen LogP contribution in [0.25, 0.3) is 0 Å². The summed E-state index contributed by atoms with van der Waals surface area (Å²) < 4.78 is 29.1. The normalized spacial score (nSPS) is 16.9. The number of carbonyl (C=O) groups is 2. The number of carbonyl (C=O) groups excluding carboxylic acids is 2. The smallest absolute Gasteiger partial charge is 0.387 e. The fourth-order valence-corrected chi connectivity index (χ4v) is 3.13. The van der Waals surface area contributed by atoms with Crippen LogP contribution in [0, 0.1) is 5.92 Å². The highest BCUT2D eigenvalue weighted by Gasteiger charge is 2.29. The Morgan fingerprint density at radius 1 is 1.11 bits per heavy atom. The molecule has 3 rings (SSSR count). The number of anilines is 1. The first kappa shape index (κ1) is 18.8. The second kappa shape index (κ2) is 8.62. The zero-order chi connectivity index (χ0) is 19.2. The van der Waals surface area contributed by atoms with E-state index in [1.54, 1.807) is 23.1 Å². The van der Waals surface area contributed by atoms with Gasteiger partial charge in [-0.05, 0) is 43.2 Å². The number of para-hydroxylation sites is 1. The number of benzene rings is 2. The lowest BCUT2D eigenvalue weighted by Crippen LogP contribution is -2.43. The number of piperidine rings is 1. The molecule has 27 heavy (non-hydrogen) atoms. The number of alkyl halides is 2. The third-order valence-corrected chi connectivity index (χ3v) is 4.43. The molecule has 0 saturated carbocycles. The number of ether oxygens (including phenoxy) is 1. The second-order valence-corrected chi connectivity index (χ2v) is 6.35. The molecule has 0 aromatic heterocycles. The van der Waals surface area contributed by atoms with Gasteiger partial charge < -0.3 is 15.0 Å². The van der Waals surface area contributed by atoms with Crippen LogP contribution in [0.2, 0.25) is 0 Å². The van der Waals surface area contributed by atoms with Crippen LogP contribution >= 0.6 is 0 Å². The lowest BCUT2D eigenvalue weighted by molar-refractivity contribution is -0.121. The molecule has 2 amide bonds. The molecule has 0 spiro atoms. The van der Waals surface area contributed by atoms with Crippen molar-refractivity contribution in [2.24, 2.45) is 5.92 Å². The first-order valence-electron chi connectivity index (χ1n) is 8.73. The van der Waals surface area contributed by atoms with E-state index in [9.17, 15) is 18.4 Å². The van der Waals surface area contributed by atoms with Crippen molar-refractivity contribution in [3.8, 4) is 5.75 Å². The van der Waals surface area contributed by atoms with E-state index in [1.165, 1.54) is 18.2 Å². The predicted octanol–water partition coefficient (Wildman–Crippen LogP) is 3.78. The molecule has 0 bridgehead atoms. The van der Waals surface area contributed by atoms with E-state index in [0.29, 0.717) is 25.1 Å². The van der Waals surface area contributed by atoms with Gasteiger partial charge in [0.25, 0.3) is 5.91 Å². The Balaban J connectivity index is 1.65. The van der Waals surface area contributed by atoms with Crippen LogP contribution in [0.1, 0.15) is 23.2 Å². The summed E-state index contributed by atoms with van der Waals surface area (Å²) in [6, 6.07) is 14.8. The topological polar surface area (TPSA) is 58.6 Å². The van der Waals surface area contributed by atoms with E-state index < -0.39 is 6.61 Å². The number of amides is 2. The maximum atomic E-state index is 12.7. The Hall–Kier alpha value is -2.96. The summed E-state index contributed by atoms with van der Waals surface area (Å²) in [7, 11) is 0. The molecule has 1 aliphatic heterocycles. The number of nitrogens with zero attached hydrogens (tertiary/aromatic N) is 1. The molecule has 2 aromatic carbocycles. The highest BCUT2D eigenvalue weighted by atomic mass is 19.3. The van der Waals surface area contributed by atoms with E-state index in [1.807, 2.05) is 18.2 Å². The zero-order valence-electron chi connectivity index (χ0n) is 14.6. The number of rotatable bonds is 5. The summed E-state index contributed by atoms with van der Waals surface area (Å²) in [5.74, 6) is -0.810. The molecule has 0 radical (unpaired) electrons. The molecule has 1 heterocycles. The largest absolute Gasteiger partial charge is 0.435 e. The number of likely N-dealkylation sites (tertiary alicyclic amines) is 1. The van der Waals surface area contributed by atoms with Gasteiger partial charge in [0, 0.05) is 24.3 Å². The highest BCUT2D eigenvalue weighted by Crippen LogP contribution is 2.22. The number of hydrogen-bond donors (Lipinski definition) is 1. The second-order valence-electron chi connectivity index (χ2n) is 6.35. The minimum absolute atomic E-state index is 0.0637. The highest BCUT2D eigenvalue weighted by molar-refractivity contribution is 5.96. The van der Waals surface area contributed by atoms with Crippen molar-refractivity contribution in [1.82, 2.24) is 4.90 Å². The molecule has 1 N–H and O–H groups in total. The Labute approximate surface area is 155 Å². The number of nitrogens with one attached hydrogen (secondary N) is 1. The summed E-state index contributed by atoms with van der Waals surface area (Å²) >= 11 is 0. The first-order chi connectivity index (χ1) is 13.0. The molecule has 2 aromatic rings. The van der Waals surface area contributed by atoms with Crippen LogP contribution in [-0.4, -0.2) is 36.4 Å². The van der Waals surface area contributed by atoms with Crippen molar-refractivity contribution in [2.45, 2.75) is 19.5 Å². The van der Waals surface area contributed by atoms with Gasteiger partial charge in [0.05, 0.1) is 5.92 Å². The van der Waals surface area contributed by atoms with E-state index in [4.69, 9.17) is 0 Å². The quantitative estimate of drug-likeness (QED) is 0.867. The average Bonchev–Trinajstić information content (AvgIpc) is 2.68. The van der Waals surface area contributed by atoms with Gasteiger partial charge in [-0.3, -0.25) is 9.59 Å². The minimum Gasteiger partial charge on any atom is -0.435 e. The molecule has 1 saturated heterocycles. The van der Waals surface area contributed by atoms with Gasteiger partial charge >= 0.3 is 6.61 Å². The fourth-order valence-electron chi connectivity index (χ4n) is 3.13. The van der Waals surface area contributed by atoms with Gasteiger partial charge in [-0.1, -0.05) is 24.3 Å². The first-order valence-corrected chi connectivity index (χ1v) is 8.73. The maximum absolute atomic E-state index is 12.7. The Morgan fingerprint density at radius 3 is 2.63 bits per heavy atom. The molecule has 142 valence electrons. The van der Waals surface area contributed by atoms with Crippen molar-refractivity contribution in [1.29, 1.82) is 0 Å². The van der Waals surface area contributed by atoms with E-state index in [2.05, 4.69) is 10.1 Å². The molecular formula is C20H20F2N2O3. The monoisotopic (exact) mass is 374 g/mol. The van der Waals surface area contributed by atoms with Crippen molar-refractivity contribution < 1.29 is 23.1 Å². The van der Waals surface area contributed by atoms with Gasteiger partial charge in [-0.25, -0.2) is 0 Å². The number of halogens is 2. The summed E-state index contributed by atoms with van der Waals surface area (Å²) in [6.45, 7) is -2.14. The van der Waals surface area contributed by atoms with Crippen molar-refractivity contribution in [3.63, 3.8) is 0 Å². The third-order valence-electron chi connectivity index (χ3n) is 4.43. The summed E-state index contributed by atoms with van der Waals surface area (Å²) in [6.07, 6.45) is 1.39. The molecule has 1 fully saturated rings. The molecule has 1 unspecified atom stereocenters. The van der Waals surface area contributed by atoms with Gasteiger partial charge in [-0.2, -0.15) is 8.78 Å². The van der Waals surface area contributed by atoms with Crippen LogP contribution in [0.3, 0.4) is 0 Å². The van der Waals surface area contributed by atoms with E-state index in [-0.39, 0.29) is 35.6 Å². The average molecular weight is 374 g/mol. The lowest BCUT2D eigenvalue weighted by Gasteiger charge is -2.32. The van der Waals surface area contributed by atoms with Gasteiger partial charge in [0.15, 0.2) is 0 Å². The molecule has 7 heteroatoms. The molecule has 1 aliphatic rings. The SMILES string of the molecule is O=C(Nc1ccccc1)C1CCCN(C(=O)c2cccc(OC(F)F)c2)C1. The fraction of sp³-hybridized carbons (Fsp3) is 0.300. The van der Waals surface area contributed by atoms with E-state index in [0.717, 1.165) is 0 Å². The zero-order valence-corrected chi connectivity index (χ0v) is 14.6. The van der Waals surface area contributed by atoms with Crippen LogP contribution in [0.5, 0.6) is 5.75 Å². The van der Waals surface area contributed by atoms with Gasteiger partial charge in [0.1, 0.15) is 5.75 Å². The Kier molecular flexibility index (Phi) is 6.01.